The lowest BCUT2D eigenvalue weighted by Crippen LogP contribution is -2.34. The van der Waals surface area contributed by atoms with E-state index in [2.05, 4.69) is 5.32 Å². The fourth-order valence-corrected chi connectivity index (χ4v) is 1.46. The summed E-state index contributed by atoms with van der Waals surface area (Å²) in [6.45, 7) is 7.42. The number of carbonyl (C=O) groups is 1. The Morgan fingerprint density at radius 3 is 2.22 bits per heavy atom. The first-order valence-corrected chi connectivity index (χ1v) is 5.95. The second-order valence-electron chi connectivity index (χ2n) is 5.14. The minimum atomic E-state index is -0.482. The van der Waals surface area contributed by atoms with Crippen molar-refractivity contribution in [3.8, 4) is 5.75 Å². The second-order valence-corrected chi connectivity index (χ2v) is 5.14. The van der Waals surface area contributed by atoms with E-state index in [9.17, 15) is 4.79 Å². The predicted molar refractivity (Wildman–Crippen MR) is 70.8 cm³/mol. The van der Waals surface area contributed by atoms with Gasteiger partial charge in [-0.2, -0.15) is 0 Å². The number of alkyl carbamates (subject to hydrolysis) is 1. The Hall–Kier alpha value is -1.71. The third-order valence-electron chi connectivity index (χ3n) is 2.35. The van der Waals surface area contributed by atoms with Crippen LogP contribution in [0.4, 0.5) is 4.79 Å². The van der Waals surface area contributed by atoms with E-state index in [4.69, 9.17) is 9.47 Å². The smallest absolute Gasteiger partial charge is 0.408 e. The summed E-state index contributed by atoms with van der Waals surface area (Å²) in [7, 11) is 1.62. The Labute approximate surface area is 108 Å². The van der Waals surface area contributed by atoms with Gasteiger partial charge < -0.3 is 14.8 Å². The highest BCUT2D eigenvalue weighted by molar-refractivity contribution is 5.68. The average Bonchev–Trinajstić information content (AvgIpc) is 2.26. The van der Waals surface area contributed by atoms with E-state index in [0.29, 0.717) is 0 Å². The first kappa shape index (κ1) is 14.4. The summed E-state index contributed by atoms with van der Waals surface area (Å²) < 4.78 is 10.3. The second kappa shape index (κ2) is 5.76. The van der Waals surface area contributed by atoms with Crippen molar-refractivity contribution >= 4 is 6.09 Å². The van der Waals surface area contributed by atoms with Gasteiger partial charge in [-0.1, -0.05) is 12.1 Å². The molecule has 0 heterocycles. The number of hydrogen-bond donors (Lipinski definition) is 1. The van der Waals surface area contributed by atoms with E-state index in [1.807, 2.05) is 52.0 Å². The van der Waals surface area contributed by atoms with Gasteiger partial charge in [0.15, 0.2) is 0 Å². The average molecular weight is 251 g/mol. The van der Waals surface area contributed by atoms with Crippen LogP contribution in [0.1, 0.15) is 39.3 Å². The predicted octanol–water partition coefficient (Wildman–Crippen LogP) is 3.28. The third-order valence-corrected chi connectivity index (χ3v) is 2.35. The van der Waals surface area contributed by atoms with E-state index in [0.717, 1.165) is 11.3 Å². The molecule has 0 radical (unpaired) electrons. The van der Waals surface area contributed by atoms with E-state index in [1.54, 1.807) is 7.11 Å². The number of carbonyl (C=O) groups excluding carboxylic acids is 1. The lowest BCUT2D eigenvalue weighted by Gasteiger charge is -2.22. The molecule has 0 spiro atoms. The number of nitrogens with one attached hydrogen (secondary N) is 1. The molecular formula is C14H21NO3. The van der Waals surface area contributed by atoms with Crippen LogP contribution in [0.2, 0.25) is 0 Å². The molecule has 0 bridgehead atoms. The molecule has 1 rings (SSSR count). The van der Waals surface area contributed by atoms with Gasteiger partial charge >= 0.3 is 6.09 Å². The van der Waals surface area contributed by atoms with E-state index in [-0.39, 0.29) is 6.04 Å². The Morgan fingerprint density at radius 2 is 1.78 bits per heavy atom. The summed E-state index contributed by atoms with van der Waals surface area (Å²) in [6, 6.07) is 7.46. The number of hydrogen-bond acceptors (Lipinski definition) is 3. The fourth-order valence-electron chi connectivity index (χ4n) is 1.46. The molecule has 1 amide bonds. The zero-order chi connectivity index (χ0) is 13.8. The summed E-state index contributed by atoms with van der Waals surface area (Å²) in [5.74, 6) is 0.795. The monoisotopic (exact) mass is 251 g/mol. The van der Waals surface area contributed by atoms with Crippen LogP contribution < -0.4 is 10.1 Å². The van der Waals surface area contributed by atoms with Crippen molar-refractivity contribution < 1.29 is 14.3 Å². The van der Waals surface area contributed by atoms with Crippen LogP contribution in [0.3, 0.4) is 0 Å². The van der Waals surface area contributed by atoms with Crippen LogP contribution in [-0.4, -0.2) is 18.8 Å². The highest BCUT2D eigenvalue weighted by Crippen LogP contribution is 2.17. The number of methoxy groups -OCH3 is 1. The molecular weight excluding hydrogens is 230 g/mol. The molecule has 0 unspecified atom stereocenters. The summed E-state index contributed by atoms with van der Waals surface area (Å²) in [4.78, 5) is 11.6. The van der Waals surface area contributed by atoms with Gasteiger partial charge in [0.25, 0.3) is 0 Å². The molecule has 1 aromatic rings. The molecule has 0 aliphatic rings. The Morgan fingerprint density at radius 1 is 1.22 bits per heavy atom. The maximum atomic E-state index is 11.6. The van der Waals surface area contributed by atoms with E-state index in [1.165, 1.54) is 0 Å². The number of benzene rings is 1. The van der Waals surface area contributed by atoms with Crippen molar-refractivity contribution in [3.63, 3.8) is 0 Å². The van der Waals surface area contributed by atoms with Crippen molar-refractivity contribution in [1.29, 1.82) is 0 Å². The van der Waals surface area contributed by atoms with Crippen molar-refractivity contribution in [2.75, 3.05) is 7.11 Å². The normalized spacial score (nSPS) is 12.7. The maximum Gasteiger partial charge on any atom is 0.408 e. The number of amides is 1. The lowest BCUT2D eigenvalue weighted by atomic mass is 10.1. The molecule has 0 fully saturated rings. The summed E-state index contributed by atoms with van der Waals surface area (Å²) in [5.41, 5.74) is 0.519. The van der Waals surface area contributed by atoms with Crippen LogP contribution in [0.25, 0.3) is 0 Å². The molecule has 0 saturated carbocycles. The summed E-state index contributed by atoms with van der Waals surface area (Å²) in [6.07, 6.45) is -0.411. The summed E-state index contributed by atoms with van der Waals surface area (Å²) >= 11 is 0. The maximum absolute atomic E-state index is 11.6. The molecule has 18 heavy (non-hydrogen) atoms. The molecule has 0 aliphatic carbocycles. The zero-order valence-electron chi connectivity index (χ0n) is 11.6. The van der Waals surface area contributed by atoms with Crippen molar-refractivity contribution in [2.45, 2.75) is 39.3 Å². The van der Waals surface area contributed by atoms with Crippen LogP contribution >= 0.6 is 0 Å². The first-order valence-electron chi connectivity index (χ1n) is 5.95. The molecule has 4 heteroatoms. The molecule has 4 nitrogen and oxygen atoms in total. The topological polar surface area (TPSA) is 47.6 Å². The third kappa shape index (κ3) is 4.65. The van der Waals surface area contributed by atoms with Gasteiger partial charge in [0.2, 0.25) is 0 Å². The van der Waals surface area contributed by atoms with E-state index >= 15 is 0 Å². The lowest BCUT2D eigenvalue weighted by molar-refractivity contribution is 0.0508. The molecule has 1 N–H and O–H groups in total. The zero-order valence-corrected chi connectivity index (χ0v) is 11.6. The van der Waals surface area contributed by atoms with Crippen LogP contribution in [0.5, 0.6) is 5.75 Å². The van der Waals surface area contributed by atoms with Gasteiger partial charge in [-0.25, -0.2) is 4.79 Å². The van der Waals surface area contributed by atoms with Gasteiger partial charge in [0.05, 0.1) is 13.2 Å². The van der Waals surface area contributed by atoms with Crippen LogP contribution in [0, 0.1) is 0 Å². The van der Waals surface area contributed by atoms with Crippen LogP contribution in [0.15, 0.2) is 24.3 Å². The number of ether oxygens (including phenoxy) is 2. The van der Waals surface area contributed by atoms with Gasteiger partial charge in [0.1, 0.15) is 11.4 Å². The van der Waals surface area contributed by atoms with Crippen molar-refractivity contribution in [2.24, 2.45) is 0 Å². The molecule has 1 aromatic carbocycles. The van der Waals surface area contributed by atoms with Crippen LogP contribution in [-0.2, 0) is 4.74 Å². The molecule has 100 valence electrons. The minimum absolute atomic E-state index is 0.106. The first-order chi connectivity index (χ1) is 8.31. The largest absolute Gasteiger partial charge is 0.497 e. The van der Waals surface area contributed by atoms with Gasteiger partial charge in [0, 0.05) is 0 Å². The molecule has 0 aliphatic heterocycles. The summed E-state index contributed by atoms with van der Waals surface area (Å²) in [5, 5.41) is 2.79. The van der Waals surface area contributed by atoms with E-state index < -0.39 is 11.7 Å². The van der Waals surface area contributed by atoms with Gasteiger partial charge in [-0.3, -0.25) is 0 Å². The standard InChI is InChI=1S/C14H21NO3/c1-10(15-13(16)18-14(2,3)4)11-6-8-12(17-5)9-7-11/h6-10H,1-5H3,(H,15,16)/t10-/m1/s1. The molecule has 1 atom stereocenters. The highest BCUT2D eigenvalue weighted by Gasteiger charge is 2.18. The SMILES string of the molecule is COc1ccc([C@@H](C)NC(=O)OC(C)(C)C)cc1. The minimum Gasteiger partial charge on any atom is -0.497 e. The van der Waals surface area contributed by atoms with Crippen molar-refractivity contribution in [1.82, 2.24) is 5.32 Å². The Bertz CT molecular complexity index is 392. The number of rotatable bonds is 3. The Kier molecular flexibility index (Phi) is 4.59. The van der Waals surface area contributed by atoms with Crippen molar-refractivity contribution in [3.05, 3.63) is 29.8 Å². The quantitative estimate of drug-likeness (QED) is 0.896. The Balaban J connectivity index is 2.59. The van der Waals surface area contributed by atoms with Gasteiger partial charge in [-0.15, -0.1) is 0 Å². The highest BCUT2D eigenvalue weighted by atomic mass is 16.6. The molecule has 0 aromatic heterocycles. The fraction of sp³-hybridized carbons (Fsp3) is 0.500. The van der Waals surface area contributed by atoms with Gasteiger partial charge in [-0.05, 0) is 45.4 Å². The molecule has 0 saturated heterocycles.